The maximum atomic E-state index is 9.65. The Morgan fingerprint density at radius 3 is 2.21 bits per heavy atom. The van der Waals surface area contributed by atoms with E-state index in [4.69, 9.17) is 4.74 Å². The Morgan fingerprint density at radius 1 is 1.05 bits per heavy atom. The van der Waals surface area contributed by atoms with Crippen LogP contribution in [0.1, 0.15) is 11.6 Å². The minimum absolute atomic E-state index is 0.0467. The van der Waals surface area contributed by atoms with Crippen LogP contribution in [0.2, 0.25) is 0 Å². The van der Waals surface area contributed by atoms with Crippen LogP contribution in [0.3, 0.4) is 0 Å². The lowest BCUT2D eigenvalue weighted by molar-refractivity contribution is 0.264. The molecule has 0 bridgehead atoms. The number of methoxy groups -OCH3 is 1. The molecule has 0 aromatic heterocycles. The predicted octanol–water partition coefficient (Wildman–Crippen LogP) is 2.87. The van der Waals surface area contributed by atoms with Crippen molar-refractivity contribution >= 4 is 5.69 Å². The summed E-state index contributed by atoms with van der Waals surface area (Å²) < 4.78 is 5.15. The summed E-state index contributed by atoms with van der Waals surface area (Å²) in [7, 11) is 3.63. The summed E-state index contributed by atoms with van der Waals surface area (Å²) >= 11 is 0. The minimum Gasteiger partial charge on any atom is -0.497 e. The maximum Gasteiger partial charge on any atom is 0.119 e. The molecule has 2 aromatic rings. The topological polar surface area (TPSA) is 32.7 Å². The number of hydrogen-bond donors (Lipinski definition) is 1. The summed E-state index contributed by atoms with van der Waals surface area (Å²) in [5.41, 5.74) is 2.15. The highest BCUT2D eigenvalue weighted by molar-refractivity contribution is 5.50. The number of anilines is 1. The third-order valence-electron chi connectivity index (χ3n) is 3.30. The summed E-state index contributed by atoms with van der Waals surface area (Å²) in [5.74, 6) is 0.831. The van der Waals surface area contributed by atoms with E-state index in [1.165, 1.54) is 0 Å². The van der Waals surface area contributed by atoms with E-state index >= 15 is 0 Å². The molecule has 0 spiro atoms. The van der Waals surface area contributed by atoms with Gasteiger partial charge in [0.05, 0.1) is 19.8 Å². The molecule has 19 heavy (non-hydrogen) atoms. The van der Waals surface area contributed by atoms with E-state index < -0.39 is 0 Å². The van der Waals surface area contributed by atoms with Gasteiger partial charge in [0, 0.05) is 12.7 Å². The highest BCUT2D eigenvalue weighted by Gasteiger charge is 2.16. The normalized spacial score (nSPS) is 11.9. The molecule has 1 atom stereocenters. The average Bonchev–Trinajstić information content (AvgIpc) is 2.49. The van der Waals surface area contributed by atoms with Gasteiger partial charge in [-0.05, 0) is 29.8 Å². The fraction of sp³-hybridized carbons (Fsp3) is 0.250. The molecular weight excluding hydrogens is 238 g/mol. The van der Waals surface area contributed by atoms with Crippen molar-refractivity contribution in [3.05, 3.63) is 60.2 Å². The number of nitrogens with zero attached hydrogens (tertiary/aromatic N) is 1. The zero-order chi connectivity index (χ0) is 13.7. The van der Waals surface area contributed by atoms with Crippen LogP contribution in [0, 0.1) is 0 Å². The van der Waals surface area contributed by atoms with Crippen molar-refractivity contribution in [2.24, 2.45) is 0 Å². The SMILES string of the molecule is COc1ccc(N(C)[C@H](CO)c2ccccc2)cc1. The van der Waals surface area contributed by atoms with E-state index in [-0.39, 0.29) is 12.6 Å². The number of aliphatic hydroxyl groups is 1. The van der Waals surface area contributed by atoms with Crippen molar-refractivity contribution in [2.45, 2.75) is 6.04 Å². The second kappa shape index (κ2) is 6.25. The second-order valence-corrected chi connectivity index (χ2v) is 4.42. The van der Waals surface area contributed by atoms with Gasteiger partial charge in [-0.1, -0.05) is 30.3 Å². The average molecular weight is 257 g/mol. The van der Waals surface area contributed by atoms with Gasteiger partial charge in [0.25, 0.3) is 0 Å². The number of hydrogen-bond acceptors (Lipinski definition) is 3. The molecule has 0 aliphatic carbocycles. The molecule has 0 amide bonds. The van der Waals surface area contributed by atoms with Gasteiger partial charge in [-0.2, -0.15) is 0 Å². The first-order valence-corrected chi connectivity index (χ1v) is 6.29. The quantitative estimate of drug-likeness (QED) is 0.894. The molecule has 0 unspecified atom stereocenters. The number of likely N-dealkylation sites (N-methyl/N-ethyl adjacent to an activating group) is 1. The molecule has 0 heterocycles. The summed E-state index contributed by atoms with van der Waals surface area (Å²) in [6.45, 7) is 0.0759. The molecule has 3 heteroatoms. The minimum atomic E-state index is -0.0467. The van der Waals surface area contributed by atoms with Crippen LogP contribution in [0.4, 0.5) is 5.69 Å². The van der Waals surface area contributed by atoms with E-state index in [9.17, 15) is 5.11 Å². The van der Waals surface area contributed by atoms with Crippen LogP contribution in [-0.2, 0) is 0 Å². The van der Waals surface area contributed by atoms with Gasteiger partial charge in [-0.25, -0.2) is 0 Å². The zero-order valence-electron chi connectivity index (χ0n) is 11.3. The Kier molecular flexibility index (Phi) is 4.42. The van der Waals surface area contributed by atoms with E-state index in [0.717, 1.165) is 17.0 Å². The van der Waals surface area contributed by atoms with Crippen LogP contribution < -0.4 is 9.64 Å². The molecule has 0 aliphatic heterocycles. The van der Waals surface area contributed by atoms with Crippen molar-refractivity contribution in [1.82, 2.24) is 0 Å². The molecule has 0 saturated heterocycles. The Labute approximate surface area is 114 Å². The highest BCUT2D eigenvalue weighted by Crippen LogP contribution is 2.26. The van der Waals surface area contributed by atoms with Gasteiger partial charge in [-0.3, -0.25) is 0 Å². The maximum absolute atomic E-state index is 9.65. The van der Waals surface area contributed by atoms with Crippen molar-refractivity contribution in [3.8, 4) is 5.75 Å². The summed E-state index contributed by atoms with van der Waals surface area (Å²) in [5, 5.41) is 9.65. The van der Waals surface area contributed by atoms with Gasteiger partial charge in [-0.15, -0.1) is 0 Å². The molecule has 100 valence electrons. The Hall–Kier alpha value is -2.00. The van der Waals surface area contributed by atoms with Crippen molar-refractivity contribution in [1.29, 1.82) is 0 Å². The molecule has 2 rings (SSSR count). The van der Waals surface area contributed by atoms with E-state index in [0.29, 0.717) is 0 Å². The molecule has 0 radical (unpaired) electrons. The molecule has 2 aromatic carbocycles. The standard InChI is InChI=1S/C16H19NO2/c1-17(14-8-10-15(19-2)11-9-14)16(12-18)13-6-4-3-5-7-13/h3-11,16,18H,12H2,1-2H3/t16-/m1/s1. The van der Waals surface area contributed by atoms with Gasteiger partial charge < -0.3 is 14.7 Å². The van der Waals surface area contributed by atoms with Gasteiger partial charge in [0.15, 0.2) is 0 Å². The summed E-state index contributed by atoms with van der Waals surface area (Å²) in [6.07, 6.45) is 0. The first-order valence-electron chi connectivity index (χ1n) is 6.29. The van der Waals surface area contributed by atoms with Gasteiger partial charge in [0.1, 0.15) is 5.75 Å². The van der Waals surface area contributed by atoms with Crippen LogP contribution in [0.15, 0.2) is 54.6 Å². The number of ether oxygens (including phenoxy) is 1. The third-order valence-corrected chi connectivity index (χ3v) is 3.30. The largest absolute Gasteiger partial charge is 0.497 e. The highest BCUT2D eigenvalue weighted by atomic mass is 16.5. The molecule has 3 nitrogen and oxygen atoms in total. The third kappa shape index (κ3) is 3.06. The number of benzene rings is 2. The zero-order valence-corrected chi connectivity index (χ0v) is 11.3. The van der Waals surface area contributed by atoms with E-state index in [1.54, 1.807) is 7.11 Å². The first kappa shape index (κ1) is 13.4. The molecular formula is C16H19NO2. The molecule has 0 aliphatic rings. The summed E-state index contributed by atoms with van der Waals surface area (Å²) in [6, 6.07) is 17.8. The van der Waals surface area contributed by atoms with Crippen LogP contribution in [-0.4, -0.2) is 25.9 Å². The van der Waals surface area contributed by atoms with E-state index in [2.05, 4.69) is 4.90 Å². The van der Waals surface area contributed by atoms with Crippen LogP contribution in [0.5, 0.6) is 5.75 Å². The fourth-order valence-electron chi connectivity index (χ4n) is 2.12. The van der Waals surface area contributed by atoms with Crippen LogP contribution >= 0.6 is 0 Å². The summed E-state index contributed by atoms with van der Waals surface area (Å²) in [4.78, 5) is 2.06. The Bertz CT molecular complexity index is 496. The van der Waals surface area contributed by atoms with Crippen molar-refractivity contribution in [3.63, 3.8) is 0 Å². The monoisotopic (exact) mass is 257 g/mol. The van der Waals surface area contributed by atoms with Gasteiger partial charge in [0.2, 0.25) is 0 Å². The van der Waals surface area contributed by atoms with E-state index in [1.807, 2.05) is 61.6 Å². The van der Waals surface area contributed by atoms with Gasteiger partial charge >= 0.3 is 0 Å². The lowest BCUT2D eigenvalue weighted by Gasteiger charge is -2.29. The predicted molar refractivity (Wildman–Crippen MR) is 77.7 cm³/mol. The van der Waals surface area contributed by atoms with Crippen LogP contribution in [0.25, 0.3) is 0 Å². The van der Waals surface area contributed by atoms with Crippen molar-refractivity contribution in [2.75, 3.05) is 25.7 Å². The number of rotatable bonds is 5. The lowest BCUT2D eigenvalue weighted by Crippen LogP contribution is -2.26. The number of aliphatic hydroxyl groups excluding tert-OH is 1. The fourth-order valence-corrected chi connectivity index (χ4v) is 2.12. The molecule has 0 saturated carbocycles. The lowest BCUT2D eigenvalue weighted by atomic mass is 10.1. The molecule has 1 N–H and O–H groups in total. The Morgan fingerprint density at radius 2 is 1.68 bits per heavy atom. The van der Waals surface area contributed by atoms with Crippen molar-refractivity contribution < 1.29 is 9.84 Å². The smallest absolute Gasteiger partial charge is 0.119 e. The molecule has 0 fully saturated rings. The second-order valence-electron chi connectivity index (χ2n) is 4.42. The first-order chi connectivity index (χ1) is 9.26. The Balaban J connectivity index is 2.22.